The Morgan fingerprint density at radius 1 is 0.957 bits per heavy atom. The molecule has 1 fully saturated rings. The van der Waals surface area contributed by atoms with E-state index in [9.17, 15) is 23.3 Å². The first-order chi connectivity index (χ1) is 11.0. The van der Waals surface area contributed by atoms with Crippen molar-refractivity contribution in [3.05, 3.63) is 66.0 Å². The standard InChI is InChI=1S/C17H11FN2O2S/c18-13-8-6-12(7-9-13)15-16(17(15,10-19)11-20)23(21,22)14-4-2-1-3-5-14/h1-9,15-16H/t15-,16-/m1/s1. The Bertz CT molecular complexity index is 911. The summed E-state index contributed by atoms with van der Waals surface area (Å²) in [7, 11) is -3.84. The van der Waals surface area contributed by atoms with Crippen molar-refractivity contribution in [2.24, 2.45) is 5.41 Å². The Morgan fingerprint density at radius 2 is 1.52 bits per heavy atom. The van der Waals surface area contributed by atoms with Crippen LogP contribution in [0.1, 0.15) is 11.5 Å². The molecule has 114 valence electrons. The second kappa shape index (κ2) is 5.19. The molecule has 0 unspecified atom stereocenters. The lowest BCUT2D eigenvalue weighted by atomic mass is 10.0. The summed E-state index contributed by atoms with van der Waals surface area (Å²) in [6, 6.07) is 16.7. The number of hydrogen-bond acceptors (Lipinski definition) is 4. The third kappa shape index (κ3) is 2.19. The van der Waals surface area contributed by atoms with Gasteiger partial charge in [0.25, 0.3) is 0 Å². The van der Waals surface area contributed by atoms with E-state index in [0.717, 1.165) is 0 Å². The number of nitrogens with zero attached hydrogens (tertiary/aromatic N) is 2. The van der Waals surface area contributed by atoms with E-state index in [2.05, 4.69) is 0 Å². The number of benzene rings is 2. The van der Waals surface area contributed by atoms with Crippen LogP contribution in [0.25, 0.3) is 0 Å². The first-order valence-electron chi connectivity index (χ1n) is 6.84. The lowest BCUT2D eigenvalue weighted by Crippen LogP contribution is -2.14. The lowest BCUT2D eigenvalue weighted by molar-refractivity contribution is 0.591. The third-order valence-corrected chi connectivity index (χ3v) is 6.38. The van der Waals surface area contributed by atoms with E-state index in [0.29, 0.717) is 5.56 Å². The van der Waals surface area contributed by atoms with Crippen LogP contribution >= 0.6 is 0 Å². The molecule has 1 aliphatic rings. The Kier molecular flexibility index (Phi) is 3.43. The summed E-state index contributed by atoms with van der Waals surface area (Å²) in [4.78, 5) is 0.0736. The van der Waals surface area contributed by atoms with Crippen LogP contribution in [0.5, 0.6) is 0 Å². The molecule has 0 amide bonds. The van der Waals surface area contributed by atoms with Crippen molar-refractivity contribution in [2.45, 2.75) is 16.1 Å². The zero-order valence-electron chi connectivity index (χ0n) is 11.8. The number of nitriles is 2. The molecule has 0 bridgehead atoms. The molecule has 2 atom stereocenters. The highest BCUT2D eigenvalue weighted by atomic mass is 32.2. The van der Waals surface area contributed by atoms with Gasteiger partial charge in [-0.25, -0.2) is 12.8 Å². The predicted molar refractivity (Wildman–Crippen MR) is 80.2 cm³/mol. The van der Waals surface area contributed by atoms with Crippen LogP contribution in [-0.2, 0) is 9.84 Å². The molecule has 1 saturated carbocycles. The van der Waals surface area contributed by atoms with Gasteiger partial charge in [0.1, 0.15) is 11.1 Å². The fourth-order valence-corrected chi connectivity index (χ4v) is 5.16. The van der Waals surface area contributed by atoms with Crippen molar-refractivity contribution in [3.8, 4) is 12.1 Å². The van der Waals surface area contributed by atoms with E-state index < -0.39 is 32.2 Å². The minimum Gasteiger partial charge on any atom is -0.223 e. The van der Waals surface area contributed by atoms with Crippen molar-refractivity contribution < 1.29 is 12.8 Å². The van der Waals surface area contributed by atoms with E-state index in [1.54, 1.807) is 18.2 Å². The SMILES string of the molecule is N#CC1(C#N)[C@H](c2ccc(F)cc2)[C@H]1S(=O)(=O)c1ccccc1. The summed E-state index contributed by atoms with van der Waals surface area (Å²) in [6.45, 7) is 0. The number of sulfone groups is 1. The fourth-order valence-electron chi connectivity index (χ4n) is 2.94. The second-order valence-electron chi connectivity index (χ2n) is 5.40. The van der Waals surface area contributed by atoms with Gasteiger partial charge in [0.2, 0.25) is 0 Å². The average molecular weight is 326 g/mol. The number of halogens is 1. The fraction of sp³-hybridized carbons (Fsp3) is 0.176. The van der Waals surface area contributed by atoms with Crippen molar-refractivity contribution >= 4 is 9.84 Å². The van der Waals surface area contributed by atoms with Crippen molar-refractivity contribution in [1.29, 1.82) is 10.5 Å². The Labute approximate surface area is 133 Å². The molecule has 4 nitrogen and oxygen atoms in total. The lowest BCUT2D eigenvalue weighted by Gasteiger charge is -2.03. The van der Waals surface area contributed by atoms with Crippen LogP contribution < -0.4 is 0 Å². The molecule has 0 aliphatic heterocycles. The van der Waals surface area contributed by atoms with Crippen LogP contribution in [0.15, 0.2) is 59.5 Å². The third-order valence-electron chi connectivity index (χ3n) is 4.14. The van der Waals surface area contributed by atoms with Gasteiger partial charge in [-0.1, -0.05) is 30.3 Å². The molecule has 6 heteroatoms. The topological polar surface area (TPSA) is 81.7 Å². The maximum Gasteiger partial charge on any atom is 0.184 e. The highest BCUT2D eigenvalue weighted by Gasteiger charge is 2.73. The van der Waals surface area contributed by atoms with Gasteiger partial charge in [-0.05, 0) is 29.8 Å². The van der Waals surface area contributed by atoms with Gasteiger partial charge >= 0.3 is 0 Å². The van der Waals surface area contributed by atoms with Crippen LogP contribution in [0.2, 0.25) is 0 Å². The molecule has 0 spiro atoms. The Morgan fingerprint density at radius 3 is 2.04 bits per heavy atom. The Hall–Kier alpha value is -2.70. The normalized spacial score (nSPS) is 21.9. The first kappa shape index (κ1) is 15.2. The van der Waals surface area contributed by atoms with Gasteiger partial charge in [-0.15, -0.1) is 0 Å². The molecule has 0 radical (unpaired) electrons. The highest BCUT2D eigenvalue weighted by Crippen LogP contribution is 2.63. The van der Waals surface area contributed by atoms with E-state index in [1.807, 2.05) is 12.1 Å². The number of rotatable bonds is 3. The second-order valence-corrected chi connectivity index (χ2v) is 7.47. The van der Waals surface area contributed by atoms with Crippen molar-refractivity contribution in [1.82, 2.24) is 0 Å². The van der Waals surface area contributed by atoms with Gasteiger partial charge < -0.3 is 0 Å². The maximum absolute atomic E-state index is 13.1. The average Bonchev–Trinajstić information content (AvgIpc) is 3.27. The molecular formula is C17H11FN2O2S. The van der Waals surface area contributed by atoms with E-state index in [-0.39, 0.29) is 4.90 Å². The largest absolute Gasteiger partial charge is 0.223 e. The molecule has 23 heavy (non-hydrogen) atoms. The molecule has 0 aromatic heterocycles. The summed E-state index contributed by atoms with van der Waals surface area (Å²) in [6.07, 6.45) is 0. The van der Waals surface area contributed by atoms with E-state index in [4.69, 9.17) is 0 Å². The van der Waals surface area contributed by atoms with Crippen LogP contribution in [0, 0.1) is 33.9 Å². The zero-order valence-corrected chi connectivity index (χ0v) is 12.7. The smallest absolute Gasteiger partial charge is 0.184 e. The van der Waals surface area contributed by atoms with Gasteiger partial charge in [0, 0.05) is 5.92 Å². The summed E-state index contributed by atoms with van der Waals surface area (Å²) in [5.74, 6) is -1.25. The molecule has 1 aliphatic carbocycles. The first-order valence-corrected chi connectivity index (χ1v) is 8.39. The summed E-state index contributed by atoms with van der Waals surface area (Å²) in [5, 5.41) is 17.7. The van der Waals surface area contributed by atoms with Crippen molar-refractivity contribution in [3.63, 3.8) is 0 Å². The molecular weight excluding hydrogens is 315 g/mol. The van der Waals surface area contributed by atoms with Crippen LogP contribution in [0.3, 0.4) is 0 Å². The van der Waals surface area contributed by atoms with E-state index in [1.165, 1.54) is 36.4 Å². The number of hydrogen-bond donors (Lipinski definition) is 0. The van der Waals surface area contributed by atoms with Gasteiger partial charge in [0.15, 0.2) is 15.3 Å². The molecule has 2 aromatic rings. The highest BCUT2D eigenvalue weighted by molar-refractivity contribution is 7.92. The summed E-state index contributed by atoms with van der Waals surface area (Å²) < 4.78 is 38.7. The molecule has 0 heterocycles. The van der Waals surface area contributed by atoms with E-state index >= 15 is 0 Å². The predicted octanol–water partition coefficient (Wildman–Crippen LogP) is 2.80. The van der Waals surface area contributed by atoms with Crippen LogP contribution in [0.4, 0.5) is 4.39 Å². The maximum atomic E-state index is 13.1. The van der Waals surface area contributed by atoms with Gasteiger partial charge in [-0.2, -0.15) is 10.5 Å². The quantitative estimate of drug-likeness (QED) is 0.868. The van der Waals surface area contributed by atoms with Gasteiger partial charge in [0.05, 0.1) is 17.0 Å². The molecule has 0 saturated heterocycles. The minimum atomic E-state index is -3.84. The summed E-state index contributed by atoms with van der Waals surface area (Å²) >= 11 is 0. The summed E-state index contributed by atoms with van der Waals surface area (Å²) in [5.41, 5.74) is -1.18. The van der Waals surface area contributed by atoms with Gasteiger partial charge in [-0.3, -0.25) is 0 Å². The molecule has 0 N–H and O–H groups in total. The minimum absolute atomic E-state index is 0.0736. The van der Waals surface area contributed by atoms with Crippen LogP contribution in [-0.4, -0.2) is 13.7 Å². The Balaban J connectivity index is 2.10. The van der Waals surface area contributed by atoms with Crippen molar-refractivity contribution in [2.75, 3.05) is 0 Å². The molecule has 2 aromatic carbocycles. The molecule has 3 rings (SSSR count). The zero-order chi connectivity index (χ0) is 16.7. The monoisotopic (exact) mass is 326 g/mol.